The van der Waals surface area contributed by atoms with Crippen LogP contribution in [0.3, 0.4) is 0 Å². The lowest BCUT2D eigenvalue weighted by molar-refractivity contribution is 0.0943. The molecular formula is C20H16ClN3OS. The van der Waals surface area contributed by atoms with Crippen molar-refractivity contribution in [2.45, 2.75) is 6.42 Å². The van der Waals surface area contributed by atoms with Crippen LogP contribution < -0.4 is 5.32 Å². The van der Waals surface area contributed by atoms with Crippen LogP contribution in [0.4, 0.5) is 0 Å². The first kappa shape index (κ1) is 16.8. The summed E-state index contributed by atoms with van der Waals surface area (Å²) in [5.41, 5.74) is 3.91. The number of hydrogen-bond acceptors (Lipinski definition) is 3. The number of thiophene rings is 1. The van der Waals surface area contributed by atoms with Crippen molar-refractivity contribution in [2.75, 3.05) is 6.54 Å². The second-order valence-corrected chi connectivity index (χ2v) is 7.10. The molecule has 0 spiro atoms. The van der Waals surface area contributed by atoms with Crippen molar-refractivity contribution < 1.29 is 4.79 Å². The van der Waals surface area contributed by atoms with E-state index >= 15 is 0 Å². The fraction of sp³-hybridized carbons (Fsp3) is 0.100. The van der Waals surface area contributed by atoms with E-state index in [-0.39, 0.29) is 5.91 Å². The minimum absolute atomic E-state index is 0.179. The zero-order valence-electron chi connectivity index (χ0n) is 13.9. The first-order valence-corrected chi connectivity index (χ1v) is 9.57. The third-order valence-electron chi connectivity index (χ3n) is 4.16. The molecule has 26 heavy (non-hydrogen) atoms. The van der Waals surface area contributed by atoms with Gasteiger partial charge in [0.25, 0.3) is 5.91 Å². The summed E-state index contributed by atoms with van der Waals surface area (Å²) in [6, 6.07) is 15.5. The molecule has 0 unspecified atom stereocenters. The van der Waals surface area contributed by atoms with E-state index in [0.29, 0.717) is 17.4 Å². The van der Waals surface area contributed by atoms with Gasteiger partial charge in [-0.15, -0.1) is 0 Å². The van der Waals surface area contributed by atoms with Crippen LogP contribution in [-0.4, -0.2) is 21.8 Å². The molecule has 0 saturated heterocycles. The molecule has 3 heterocycles. The molecular weight excluding hydrogens is 366 g/mol. The van der Waals surface area contributed by atoms with E-state index in [2.05, 4.69) is 10.3 Å². The van der Waals surface area contributed by atoms with Gasteiger partial charge >= 0.3 is 0 Å². The van der Waals surface area contributed by atoms with E-state index in [9.17, 15) is 4.79 Å². The summed E-state index contributed by atoms with van der Waals surface area (Å²) < 4.78 is 1.84. The number of pyridine rings is 1. The van der Waals surface area contributed by atoms with Crippen LogP contribution in [-0.2, 0) is 6.42 Å². The fourth-order valence-electron chi connectivity index (χ4n) is 2.86. The van der Waals surface area contributed by atoms with Crippen LogP contribution in [0.15, 0.2) is 65.5 Å². The molecule has 6 heteroatoms. The number of nitrogens with zero attached hydrogens (tertiary/aromatic N) is 2. The Morgan fingerprint density at radius 3 is 2.77 bits per heavy atom. The van der Waals surface area contributed by atoms with Gasteiger partial charge in [0.05, 0.1) is 11.2 Å². The molecule has 0 bridgehead atoms. The Morgan fingerprint density at radius 2 is 2.00 bits per heavy atom. The highest BCUT2D eigenvalue weighted by atomic mass is 35.5. The number of nitrogens with one attached hydrogen (secondary N) is 1. The van der Waals surface area contributed by atoms with E-state index < -0.39 is 0 Å². The molecule has 1 aromatic carbocycles. The Hall–Kier alpha value is -2.63. The number of imidazole rings is 1. The van der Waals surface area contributed by atoms with E-state index in [0.717, 1.165) is 28.8 Å². The number of carbonyl (C=O) groups is 1. The van der Waals surface area contributed by atoms with Gasteiger partial charge < -0.3 is 5.32 Å². The summed E-state index contributed by atoms with van der Waals surface area (Å²) in [6.45, 7) is 0.538. The average Bonchev–Trinajstić information content (AvgIpc) is 3.30. The van der Waals surface area contributed by atoms with Crippen molar-refractivity contribution in [3.63, 3.8) is 0 Å². The number of hydrogen-bond donors (Lipinski definition) is 1. The lowest BCUT2D eigenvalue weighted by Crippen LogP contribution is -2.27. The van der Waals surface area contributed by atoms with Gasteiger partial charge in [-0.25, -0.2) is 4.98 Å². The van der Waals surface area contributed by atoms with Crippen LogP contribution in [0.1, 0.15) is 16.2 Å². The maximum atomic E-state index is 12.7. The van der Waals surface area contributed by atoms with Crippen molar-refractivity contribution >= 4 is 34.4 Å². The molecule has 4 aromatic rings. The first-order valence-electron chi connectivity index (χ1n) is 8.24. The Balaban J connectivity index is 1.54. The molecule has 0 aliphatic heterocycles. The number of fused-ring (bicyclic) bond motifs is 1. The van der Waals surface area contributed by atoms with Crippen molar-refractivity contribution in [1.29, 1.82) is 0 Å². The minimum Gasteiger partial charge on any atom is -0.349 e. The van der Waals surface area contributed by atoms with Crippen molar-refractivity contribution in [2.24, 2.45) is 0 Å². The molecule has 4 rings (SSSR count). The van der Waals surface area contributed by atoms with Gasteiger partial charge in [0.15, 0.2) is 0 Å². The predicted octanol–water partition coefficient (Wildman–Crippen LogP) is 4.69. The molecule has 0 atom stereocenters. The quantitative estimate of drug-likeness (QED) is 0.545. The summed E-state index contributed by atoms with van der Waals surface area (Å²) in [6.07, 6.45) is 2.61. The fourth-order valence-corrected chi connectivity index (χ4v) is 3.63. The first-order chi connectivity index (χ1) is 12.7. The van der Waals surface area contributed by atoms with Crippen LogP contribution in [0.5, 0.6) is 0 Å². The van der Waals surface area contributed by atoms with Gasteiger partial charge in [0.1, 0.15) is 0 Å². The summed E-state index contributed by atoms with van der Waals surface area (Å²) in [5, 5.41) is 7.72. The monoisotopic (exact) mass is 381 g/mol. The van der Waals surface area contributed by atoms with Gasteiger partial charge in [-0.1, -0.05) is 29.8 Å². The molecule has 4 nitrogen and oxygen atoms in total. The zero-order valence-corrected chi connectivity index (χ0v) is 15.4. The van der Waals surface area contributed by atoms with Gasteiger partial charge in [0.2, 0.25) is 5.82 Å². The van der Waals surface area contributed by atoms with Gasteiger partial charge in [-0.05, 0) is 47.7 Å². The molecule has 0 saturated carbocycles. The lowest BCUT2D eigenvalue weighted by atomic mass is 10.1. The molecule has 0 aliphatic carbocycles. The number of carbonyl (C=O) groups excluding carboxylic acids is 1. The van der Waals surface area contributed by atoms with Crippen LogP contribution >= 0.6 is 22.9 Å². The smallest absolute Gasteiger partial charge is 0.287 e. The number of rotatable bonds is 5. The van der Waals surface area contributed by atoms with Gasteiger partial charge in [-0.2, -0.15) is 11.3 Å². The number of aromatic nitrogens is 2. The third-order valence-corrected chi connectivity index (χ3v) is 5.09. The van der Waals surface area contributed by atoms with E-state index in [4.69, 9.17) is 11.6 Å². The lowest BCUT2D eigenvalue weighted by Gasteiger charge is -2.05. The standard InChI is InChI=1S/C20H16ClN3OS/c21-16-6-4-14(5-7-16)8-10-22-20(25)19-23-18(15-9-12-26-13-15)17-3-1-2-11-24(17)19/h1-7,9,11-13H,8,10H2,(H,22,25). The van der Waals surface area contributed by atoms with Gasteiger partial charge in [0, 0.05) is 28.7 Å². The van der Waals surface area contributed by atoms with Crippen LogP contribution in [0, 0.1) is 0 Å². The third kappa shape index (κ3) is 3.36. The summed E-state index contributed by atoms with van der Waals surface area (Å²) in [7, 11) is 0. The topological polar surface area (TPSA) is 46.4 Å². The van der Waals surface area contributed by atoms with E-state index in [1.54, 1.807) is 11.3 Å². The van der Waals surface area contributed by atoms with E-state index in [1.807, 2.05) is 69.9 Å². The molecule has 0 fully saturated rings. The van der Waals surface area contributed by atoms with Gasteiger partial charge in [-0.3, -0.25) is 9.20 Å². The Kier molecular flexibility index (Phi) is 4.73. The summed E-state index contributed by atoms with van der Waals surface area (Å²) >= 11 is 7.51. The van der Waals surface area contributed by atoms with Crippen molar-refractivity contribution in [3.8, 4) is 11.3 Å². The SMILES string of the molecule is O=C(NCCc1ccc(Cl)cc1)c1nc(-c2ccsc2)c2ccccn12. The molecule has 0 radical (unpaired) electrons. The summed E-state index contributed by atoms with van der Waals surface area (Å²) in [4.78, 5) is 17.3. The normalized spacial score (nSPS) is 11.0. The Bertz CT molecular complexity index is 1040. The maximum Gasteiger partial charge on any atom is 0.287 e. The second-order valence-electron chi connectivity index (χ2n) is 5.88. The molecule has 3 aromatic heterocycles. The van der Waals surface area contributed by atoms with Crippen molar-refractivity contribution in [3.05, 3.63) is 81.9 Å². The van der Waals surface area contributed by atoms with E-state index in [1.165, 1.54) is 0 Å². The highest BCUT2D eigenvalue weighted by Crippen LogP contribution is 2.26. The largest absolute Gasteiger partial charge is 0.349 e. The summed E-state index contributed by atoms with van der Waals surface area (Å²) in [5.74, 6) is 0.222. The van der Waals surface area contributed by atoms with Crippen LogP contribution in [0.2, 0.25) is 5.02 Å². The van der Waals surface area contributed by atoms with Crippen LogP contribution in [0.25, 0.3) is 16.8 Å². The predicted molar refractivity (Wildman–Crippen MR) is 106 cm³/mol. The second kappa shape index (κ2) is 7.32. The number of amides is 1. The highest BCUT2D eigenvalue weighted by molar-refractivity contribution is 7.08. The van der Waals surface area contributed by atoms with Crippen molar-refractivity contribution in [1.82, 2.24) is 14.7 Å². The highest BCUT2D eigenvalue weighted by Gasteiger charge is 2.17. The average molecular weight is 382 g/mol. The minimum atomic E-state index is -0.179. The number of benzene rings is 1. The zero-order chi connectivity index (χ0) is 17.9. The maximum absolute atomic E-state index is 12.7. The number of halogens is 1. The molecule has 0 aliphatic rings. The molecule has 130 valence electrons. The molecule has 1 amide bonds. The Morgan fingerprint density at radius 1 is 1.15 bits per heavy atom. The molecule has 1 N–H and O–H groups in total. The Labute approximate surface area is 160 Å².